The summed E-state index contributed by atoms with van der Waals surface area (Å²) >= 11 is 0. The molecule has 0 aromatic carbocycles. The normalized spacial score (nSPS) is 15.7. The van der Waals surface area contributed by atoms with Crippen LogP contribution in [0.4, 0.5) is 0 Å². The first-order valence-electron chi connectivity index (χ1n) is 4.96. The topological polar surface area (TPSA) is 39.2 Å². The highest BCUT2D eigenvalue weighted by molar-refractivity contribution is 5.20. The van der Waals surface area contributed by atoms with Crippen molar-refractivity contribution in [1.82, 2.24) is 0 Å². The van der Waals surface area contributed by atoms with Gasteiger partial charge in [0, 0.05) is 11.6 Å². The van der Waals surface area contributed by atoms with Crippen LogP contribution in [0.25, 0.3) is 0 Å². The Hall–Kier alpha value is -0.760. The molecule has 0 saturated heterocycles. The smallest absolute Gasteiger partial charge is 0.105 e. The minimum Gasteiger partial charge on any atom is -0.469 e. The fourth-order valence-corrected chi connectivity index (χ4v) is 1.68. The third kappa shape index (κ3) is 2.34. The molecule has 0 fully saturated rings. The number of rotatable bonds is 4. The predicted octanol–water partition coefficient (Wildman–Crippen LogP) is 3.02. The van der Waals surface area contributed by atoms with E-state index in [1.165, 1.54) is 12.8 Å². The standard InChI is InChI=1S/C11H19NO/c1-4-5-8(2)11(12)10-6-7-13-9(10)3/h6-8,11H,4-5,12H2,1-3H3. The van der Waals surface area contributed by atoms with Gasteiger partial charge in [-0.25, -0.2) is 0 Å². The van der Waals surface area contributed by atoms with E-state index in [9.17, 15) is 0 Å². The predicted molar refractivity (Wildman–Crippen MR) is 54.4 cm³/mol. The molecule has 74 valence electrons. The van der Waals surface area contributed by atoms with Crippen LogP contribution in [0.2, 0.25) is 0 Å². The molecular formula is C11H19NO. The zero-order chi connectivity index (χ0) is 9.84. The summed E-state index contributed by atoms with van der Waals surface area (Å²) in [6.07, 6.45) is 4.07. The molecule has 1 aromatic rings. The maximum atomic E-state index is 6.11. The Bertz CT molecular complexity index is 254. The van der Waals surface area contributed by atoms with E-state index in [2.05, 4.69) is 13.8 Å². The van der Waals surface area contributed by atoms with Crippen LogP contribution in [-0.4, -0.2) is 0 Å². The van der Waals surface area contributed by atoms with Gasteiger partial charge in [-0.15, -0.1) is 0 Å². The summed E-state index contributed by atoms with van der Waals surface area (Å²) in [5.74, 6) is 1.48. The molecule has 0 aliphatic heterocycles. The second-order valence-electron chi connectivity index (χ2n) is 3.72. The van der Waals surface area contributed by atoms with Crippen molar-refractivity contribution in [1.29, 1.82) is 0 Å². The summed E-state index contributed by atoms with van der Waals surface area (Å²) < 4.78 is 5.23. The molecule has 1 aromatic heterocycles. The zero-order valence-corrected chi connectivity index (χ0v) is 8.71. The first-order chi connectivity index (χ1) is 6.16. The molecular weight excluding hydrogens is 162 g/mol. The quantitative estimate of drug-likeness (QED) is 0.775. The van der Waals surface area contributed by atoms with E-state index in [1.54, 1.807) is 6.26 Å². The molecule has 13 heavy (non-hydrogen) atoms. The van der Waals surface area contributed by atoms with Crippen LogP contribution in [0.5, 0.6) is 0 Å². The average Bonchev–Trinajstić information content (AvgIpc) is 2.50. The summed E-state index contributed by atoms with van der Waals surface area (Å²) in [6.45, 7) is 6.35. The van der Waals surface area contributed by atoms with E-state index in [0.717, 1.165) is 11.3 Å². The van der Waals surface area contributed by atoms with Gasteiger partial charge in [-0.3, -0.25) is 0 Å². The lowest BCUT2D eigenvalue weighted by atomic mass is 9.92. The Morgan fingerprint density at radius 3 is 2.69 bits per heavy atom. The summed E-state index contributed by atoms with van der Waals surface area (Å²) in [4.78, 5) is 0. The van der Waals surface area contributed by atoms with Gasteiger partial charge in [0.1, 0.15) is 5.76 Å². The summed E-state index contributed by atoms with van der Waals surface area (Å²) in [5, 5.41) is 0. The van der Waals surface area contributed by atoms with Gasteiger partial charge >= 0.3 is 0 Å². The largest absolute Gasteiger partial charge is 0.469 e. The van der Waals surface area contributed by atoms with Gasteiger partial charge in [0.25, 0.3) is 0 Å². The maximum Gasteiger partial charge on any atom is 0.105 e. The highest BCUT2D eigenvalue weighted by atomic mass is 16.3. The summed E-state index contributed by atoms with van der Waals surface area (Å²) in [6, 6.07) is 2.10. The lowest BCUT2D eigenvalue weighted by Gasteiger charge is -2.18. The Morgan fingerprint density at radius 2 is 2.23 bits per heavy atom. The molecule has 0 spiro atoms. The van der Waals surface area contributed by atoms with Crippen molar-refractivity contribution in [3.05, 3.63) is 23.7 Å². The second-order valence-corrected chi connectivity index (χ2v) is 3.72. The number of nitrogens with two attached hydrogens (primary N) is 1. The van der Waals surface area contributed by atoms with E-state index in [0.29, 0.717) is 5.92 Å². The molecule has 0 saturated carbocycles. The minimum absolute atomic E-state index is 0.124. The average molecular weight is 181 g/mol. The Morgan fingerprint density at radius 1 is 1.54 bits per heavy atom. The number of furan rings is 1. The molecule has 2 nitrogen and oxygen atoms in total. The van der Waals surface area contributed by atoms with Crippen LogP contribution in [0.1, 0.15) is 44.1 Å². The SMILES string of the molecule is CCCC(C)C(N)c1ccoc1C. The van der Waals surface area contributed by atoms with Crippen LogP contribution < -0.4 is 5.73 Å². The van der Waals surface area contributed by atoms with Gasteiger partial charge in [-0.1, -0.05) is 20.3 Å². The lowest BCUT2D eigenvalue weighted by Crippen LogP contribution is -2.19. The van der Waals surface area contributed by atoms with Crippen molar-refractivity contribution in [3.8, 4) is 0 Å². The monoisotopic (exact) mass is 181 g/mol. The molecule has 0 aliphatic rings. The number of hydrogen-bond donors (Lipinski definition) is 1. The fourth-order valence-electron chi connectivity index (χ4n) is 1.68. The van der Waals surface area contributed by atoms with E-state index >= 15 is 0 Å². The first kappa shape index (κ1) is 10.3. The minimum atomic E-state index is 0.124. The van der Waals surface area contributed by atoms with E-state index < -0.39 is 0 Å². The maximum absolute atomic E-state index is 6.11. The van der Waals surface area contributed by atoms with Crippen molar-refractivity contribution in [2.75, 3.05) is 0 Å². The molecule has 0 bridgehead atoms. The van der Waals surface area contributed by atoms with Crippen molar-refractivity contribution >= 4 is 0 Å². The van der Waals surface area contributed by atoms with Crippen LogP contribution in [-0.2, 0) is 0 Å². The molecule has 2 N–H and O–H groups in total. The fraction of sp³-hybridized carbons (Fsp3) is 0.636. The number of hydrogen-bond acceptors (Lipinski definition) is 2. The highest BCUT2D eigenvalue weighted by Crippen LogP contribution is 2.25. The van der Waals surface area contributed by atoms with Crippen LogP contribution >= 0.6 is 0 Å². The van der Waals surface area contributed by atoms with E-state index in [-0.39, 0.29) is 6.04 Å². The Labute approximate surface area is 80.1 Å². The molecule has 0 amide bonds. The van der Waals surface area contributed by atoms with Gasteiger partial charge < -0.3 is 10.2 Å². The Balaban J connectivity index is 2.67. The highest BCUT2D eigenvalue weighted by Gasteiger charge is 2.17. The molecule has 2 atom stereocenters. The molecule has 2 unspecified atom stereocenters. The van der Waals surface area contributed by atoms with Gasteiger partial charge in [-0.05, 0) is 25.3 Å². The van der Waals surface area contributed by atoms with Gasteiger partial charge in [-0.2, -0.15) is 0 Å². The van der Waals surface area contributed by atoms with Gasteiger partial charge in [0.05, 0.1) is 6.26 Å². The lowest BCUT2D eigenvalue weighted by molar-refractivity contribution is 0.425. The molecule has 1 rings (SSSR count). The third-order valence-electron chi connectivity index (χ3n) is 2.62. The van der Waals surface area contributed by atoms with Crippen LogP contribution in [0.15, 0.2) is 16.7 Å². The molecule has 2 heteroatoms. The van der Waals surface area contributed by atoms with Crippen molar-refractivity contribution in [2.24, 2.45) is 11.7 Å². The molecule has 0 aliphatic carbocycles. The molecule has 1 heterocycles. The van der Waals surface area contributed by atoms with Crippen LogP contribution in [0, 0.1) is 12.8 Å². The zero-order valence-electron chi connectivity index (χ0n) is 8.71. The summed E-state index contributed by atoms with van der Waals surface area (Å²) in [7, 11) is 0. The van der Waals surface area contributed by atoms with E-state index in [1.807, 2.05) is 13.0 Å². The van der Waals surface area contributed by atoms with Crippen LogP contribution in [0.3, 0.4) is 0 Å². The van der Waals surface area contributed by atoms with Gasteiger partial charge in [0.2, 0.25) is 0 Å². The summed E-state index contributed by atoms with van der Waals surface area (Å²) in [5.41, 5.74) is 7.26. The Kier molecular flexibility index (Phi) is 3.55. The van der Waals surface area contributed by atoms with Crippen molar-refractivity contribution < 1.29 is 4.42 Å². The first-order valence-corrected chi connectivity index (χ1v) is 4.96. The van der Waals surface area contributed by atoms with Crippen molar-refractivity contribution in [2.45, 2.75) is 39.7 Å². The second kappa shape index (κ2) is 4.47. The number of aryl methyl sites for hydroxylation is 1. The molecule has 0 radical (unpaired) electrons. The third-order valence-corrected chi connectivity index (χ3v) is 2.62. The van der Waals surface area contributed by atoms with E-state index in [4.69, 9.17) is 10.2 Å². The van der Waals surface area contributed by atoms with Crippen molar-refractivity contribution in [3.63, 3.8) is 0 Å². The van der Waals surface area contributed by atoms with Gasteiger partial charge in [0.15, 0.2) is 0 Å².